The Bertz CT molecular complexity index is 2460. The molecule has 0 unspecified atom stereocenters. The molecule has 4 heterocycles. The number of nitrogens with zero attached hydrogens (tertiary/aromatic N) is 8. The molecule has 0 amide bonds. The molecule has 0 saturated heterocycles. The summed E-state index contributed by atoms with van der Waals surface area (Å²) in [5.74, 6) is 4.30. The summed E-state index contributed by atoms with van der Waals surface area (Å²) < 4.78 is 14.8. The number of methoxy groups -OCH3 is 2. The highest BCUT2D eigenvalue weighted by atomic mass is 16.5. The molecule has 10 heteroatoms. The van der Waals surface area contributed by atoms with E-state index in [1.54, 1.807) is 14.2 Å². The van der Waals surface area contributed by atoms with E-state index in [-0.39, 0.29) is 0 Å². The van der Waals surface area contributed by atoms with Gasteiger partial charge in [0, 0.05) is 33.0 Å². The predicted octanol–water partition coefficient (Wildman–Crippen LogP) is 7.55. The van der Waals surface area contributed by atoms with Crippen molar-refractivity contribution < 1.29 is 9.47 Å². The monoisotopic (exact) mass is 626 g/mol. The first-order valence-electron chi connectivity index (χ1n) is 15.4. The van der Waals surface area contributed by atoms with Crippen molar-refractivity contribution in [3.05, 3.63) is 121 Å². The summed E-state index contributed by atoms with van der Waals surface area (Å²) in [6, 6.07) is 39.8. The van der Waals surface area contributed by atoms with Gasteiger partial charge in [-0.1, -0.05) is 42.5 Å². The molecule has 10 nitrogen and oxygen atoms in total. The number of benzene rings is 5. The smallest absolute Gasteiger partial charge is 0.172 e. The van der Waals surface area contributed by atoms with Crippen molar-refractivity contribution in [2.24, 2.45) is 0 Å². The van der Waals surface area contributed by atoms with Gasteiger partial charge in [0.2, 0.25) is 0 Å². The molecule has 0 aliphatic rings. The highest BCUT2D eigenvalue weighted by Gasteiger charge is 2.21. The summed E-state index contributed by atoms with van der Waals surface area (Å²) >= 11 is 0. The molecule has 0 aliphatic heterocycles. The van der Waals surface area contributed by atoms with E-state index in [1.807, 2.05) is 124 Å². The van der Waals surface area contributed by atoms with Gasteiger partial charge in [0.25, 0.3) is 0 Å². The molecule has 0 atom stereocenters. The van der Waals surface area contributed by atoms with E-state index in [9.17, 15) is 0 Å². The minimum atomic E-state index is 0.679. The highest BCUT2D eigenvalue weighted by molar-refractivity contribution is 5.95. The van der Waals surface area contributed by atoms with Crippen LogP contribution in [0.25, 0.3) is 78.7 Å². The van der Waals surface area contributed by atoms with Gasteiger partial charge in [0.05, 0.1) is 25.3 Å². The zero-order valence-electron chi connectivity index (χ0n) is 25.9. The maximum atomic E-state index is 5.40. The summed E-state index contributed by atoms with van der Waals surface area (Å²) in [7, 11) is 3.31. The fraction of sp³-hybridized carbons (Fsp3) is 0.0526. The van der Waals surface area contributed by atoms with Crippen LogP contribution in [0.4, 0.5) is 0 Å². The lowest BCUT2D eigenvalue weighted by Gasteiger charge is -2.13. The normalized spacial score (nSPS) is 11.5. The van der Waals surface area contributed by atoms with Crippen LogP contribution in [0.15, 0.2) is 121 Å². The van der Waals surface area contributed by atoms with Crippen LogP contribution in [0, 0.1) is 0 Å². The number of ether oxygens (including phenoxy) is 2. The molecule has 5 aromatic carbocycles. The minimum Gasteiger partial charge on any atom is -0.497 e. The average Bonchev–Trinajstić information content (AvgIpc) is 3.81. The second-order valence-electron chi connectivity index (χ2n) is 11.3. The Morgan fingerprint density at radius 3 is 1.29 bits per heavy atom. The van der Waals surface area contributed by atoms with Gasteiger partial charge in [-0.15, -0.1) is 20.4 Å². The van der Waals surface area contributed by atoms with Gasteiger partial charge in [0.1, 0.15) is 23.1 Å². The van der Waals surface area contributed by atoms with Gasteiger partial charge in [-0.25, -0.2) is 9.97 Å². The highest BCUT2D eigenvalue weighted by Crippen LogP contribution is 2.34. The Kier molecular flexibility index (Phi) is 6.32. The van der Waals surface area contributed by atoms with Crippen molar-refractivity contribution in [2.45, 2.75) is 0 Å². The molecule has 4 aromatic heterocycles. The van der Waals surface area contributed by atoms with Crippen LogP contribution in [0.5, 0.6) is 11.5 Å². The third-order valence-electron chi connectivity index (χ3n) is 8.57. The number of para-hydroxylation sites is 2. The molecule has 9 rings (SSSR count). The first-order valence-corrected chi connectivity index (χ1v) is 15.4. The summed E-state index contributed by atoms with van der Waals surface area (Å²) in [5, 5.41) is 20.4. The lowest BCUT2D eigenvalue weighted by atomic mass is 10.1. The maximum Gasteiger partial charge on any atom is 0.172 e. The largest absolute Gasteiger partial charge is 0.497 e. The molecule has 0 fully saturated rings. The second-order valence-corrected chi connectivity index (χ2v) is 11.3. The Balaban J connectivity index is 1.29. The average molecular weight is 627 g/mol. The SMILES string of the molecule is COc1ccc(-c2nnc3c4ccccc4nc(-c4cccc(-c5nc6ccccc6c6nnc(-c7ccc(OC)cc7)n56)c4)n23)cc1. The van der Waals surface area contributed by atoms with Crippen LogP contribution in [-0.4, -0.2) is 53.4 Å². The van der Waals surface area contributed by atoms with Gasteiger partial charge in [-0.05, 0) is 78.9 Å². The zero-order chi connectivity index (χ0) is 32.2. The van der Waals surface area contributed by atoms with Gasteiger partial charge >= 0.3 is 0 Å². The fourth-order valence-corrected chi connectivity index (χ4v) is 6.21. The molecule has 9 aromatic rings. The Labute approximate surface area is 273 Å². The molecular weight excluding hydrogens is 600 g/mol. The number of hydrogen-bond acceptors (Lipinski definition) is 8. The first-order chi connectivity index (χ1) is 23.7. The van der Waals surface area contributed by atoms with Crippen LogP contribution in [0.3, 0.4) is 0 Å². The van der Waals surface area contributed by atoms with E-state index in [0.29, 0.717) is 23.3 Å². The molecule has 0 bridgehead atoms. The predicted molar refractivity (Wildman–Crippen MR) is 185 cm³/mol. The third-order valence-corrected chi connectivity index (χ3v) is 8.57. The standard InChI is InChI=1S/C38H26N8O2/c1-47-27-18-14-23(15-19-27)35-41-43-37-29-10-3-5-12-31(29)39-33(45(35)37)25-8-7-9-26(22-25)34-40-32-13-6-4-11-30(32)38-44-42-36(46(34)38)24-16-20-28(48-2)21-17-24/h3-22H,1-2H3. The molecule has 0 aliphatic carbocycles. The quantitative estimate of drug-likeness (QED) is 0.186. The minimum absolute atomic E-state index is 0.679. The van der Waals surface area contributed by atoms with E-state index in [0.717, 1.165) is 66.9 Å². The van der Waals surface area contributed by atoms with Crippen molar-refractivity contribution in [1.29, 1.82) is 0 Å². The van der Waals surface area contributed by atoms with Crippen molar-refractivity contribution in [1.82, 2.24) is 39.2 Å². The van der Waals surface area contributed by atoms with Crippen molar-refractivity contribution in [2.75, 3.05) is 14.2 Å². The molecule has 0 radical (unpaired) electrons. The fourth-order valence-electron chi connectivity index (χ4n) is 6.21. The van der Waals surface area contributed by atoms with Crippen LogP contribution in [-0.2, 0) is 0 Å². The molecule has 230 valence electrons. The van der Waals surface area contributed by atoms with Gasteiger partial charge in [0.15, 0.2) is 22.9 Å². The Morgan fingerprint density at radius 1 is 0.417 bits per heavy atom. The Hall–Kier alpha value is -6.68. The number of rotatable bonds is 6. The van der Waals surface area contributed by atoms with Crippen LogP contribution in [0.1, 0.15) is 0 Å². The first kappa shape index (κ1) is 27.6. The number of aromatic nitrogens is 8. The molecule has 0 spiro atoms. The van der Waals surface area contributed by atoms with Crippen molar-refractivity contribution in [3.63, 3.8) is 0 Å². The van der Waals surface area contributed by atoms with Crippen molar-refractivity contribution >= 4 is 33.1 Å². The van der Waals surface area contributed by atoms with E-state index in [1.165, 1.54) is 0 Å². The number of hydrogen-bond donors (Lipinski definition) is 0. The molecule has 0 saturated carbocycles. The van der Waals surface area contributed by atoms with E-state index >= 15 is 0 Å². The number of fused-ring (bicyclic) bond motifs is 6. The lowest BCUT2D eigenvalue weighted by Crippen LogP contribution is -2.02. The lowest BCUT2D eigenvalue weighted by molar-refractivity contribution is 0.414. The van der Waals surface area contributed by atoms with Crippen LogP contribution in [0.2, 0.25) is 0 Å². The van der Waals surface area contributed by atoms with E-state index < -0.39 is 0 Å². The van der Waals surface area contributed by atoms with Gasteiger partial charge in [-0.3, -0.25) is 8.80 Å². The van der Waals surface area contributed by atoms with E-state index in [4.69, 9.17) is 19.4 Å². The maximum absolute atomic E-state index is 5.40. The van der Waals surface area contributed by atoms with E-state index in [2.05, 4.69) is 26.5 Å². The van der Waals surface area contributed by atoms with Gasteiger partial charge in [-0.2, -0.15) is 0 Å². The second kappa shape index (κ2) is 11.0. The van der Waals surface area contributed by atoms with Gasteiger partial charge < -0.3 is 9.47 Å². The molecule has 0 N–H and O–H groups in total. The summed E-state index contributed by atoms with van der Waals surface area (Å²) in [6.07, 6.45) is 0. The van der Waals surface area contributed by atoms with Crippen LogP contribution >= 0.6 is 0 Å². The molecular formula is C38H26N8O2. The summed E-state index contributed by atoms with van der Waals surface area (Å²) in [6.45, 7) is 0. The summed E-state index contributed by atoms with van der Waals surface area (Å²) in [4.78, 5) is 10.4. The zero-order valence-corrected chi connectivity index (χ0v) is 25.9. The summed E-state index contributed by atoms with van der Waals surface area (Å²) in [5.41, 5.74) is 6.63. The van der Waals surface area contributed by atoms with Crippen molar-refractivity contribution in [3.8, 4) is 57.1 Å². The van der Waals surface area contributed by atoms with Crippen LogP contribution < -0.4 is 9.47 Å². The third kappa shape index (κ3) is 4.34. The molecule has 48 heavy (non-hydrogen) atoms. The topological polar surface area (TPSA) is 105 Å². The Morgan fingerprint density at radius 2 is 0.854 bits per heavy atom.